The Kier molecular flexibility index (Phi) is 4.36. The Hall–Kier alpha value is -2.57. The zero-order valence-corrected chi connectivity index (χ0v) is 15.4. The van der Waals surface area contributed by atoms with E-state index < -0.39 is 17.4 Å². The number of halogens is 5. The van der Waals surface area contributed by atoms with Gasteiger partial charge in [0.15, 0.2) is 5.69 Å². The van der Waals surface area contributed by atoms with Gasteiger partial charge < -0.3 is 0 Å². The van der Waals surface area contributed by atoms with Crippen LogP contribution in [-0.4, -0.2) is 19.2 Å². The molecule has 0 aliphatic heterocycles. The Morgan fingerprint density at radius 3 is 2.64 bits per heavy atom. The second kappa shape index (κ2) is 6.50. The van der Waals surface area contributed by atoms with Crippen LogP contribution in [0.2, 0.25) is 10.2 Å². The molecule has 1 aliphatic carbocycles. The summed E-state index contributed by atoms with van der Waals surface area (Å²) in [6, 6.07) is 7.17. The summed E-state index contributed by atoms with van der Waals surface area (Å²) in [5.41, 5.74) is -0.568. The van der Waals surface area contributed by atoms with Crippen molar-refractivity contribution in [1.29, 1.82) is 5.26 Å². The first-order valence-corrected chi connectivity index (χ1v) is 8.86. The number of rotatable bonds is 3. The molecule has 11 heteroatoms. The van der Waals surface area contributed by atoms with Gasteiger partial charge in [-0.05, 0) is 18.6 Å². The number of nitrogens with zero attached hydrogens (tertiary/aromatic N) is 5. The second-order valence-electron chi connectivity index (χ2n) is 6.43. The molecule has 0 saturated heterocycles. The predicted molar refractivity (Wildman–Crippen MR) is 94.3 cm³/mol. The molecule has 0 bridgehead atoms. The van der Waals surface area contributed by atoms with Gasteiger partial charge >= 0.3 is 6.18 Å². The van der Waals surface area contributed by atoms with Crippen LogP contribution in [0.4, 0.5) is 13.2 Å². The quantitative estimate of drug-likeness (QED) is 0.635. The van der Waals surface area contributed by atoms with Gasteiger partial charge in [-0.15, -0.1) is 0 Å². The zero-order valence-electron chi connectivity index (χ0n) is 13.9. The van der Waals surface area contributed by atoms with Crippen molar-refractivity contribution in [1.82, 2.24) is 19.2 Å². The van der Waals surface area contributed by atoms with Gasteiger partial charge in [0.05, 0.1) is 34.9 Å². The monoisotopic (exact) mass is 427 g/mol. The molecule has 0 aromatic carbocycles. The van der Waals surface area contributed by atoms with Crippen LogP contribution in [0.1, 0.15) is 29.4 Å². The molecule has 3 heterocycles. The minimum Gasteiger partial charge on any atom is -0.269 e. The molecule has 0 spiro atoms. The number of hydrogen-bond acceptors (Lipinski definition) is 4. The summed E-state index contributed by atoms with van der Waals surface area (Å²) in [6.07, 6.45) is -4.02. The molecule has 1 fully saturated rings. The molecular formula is C17H10Cl2F3N5O. The fourth-order valence-corrected chi connectivity index (χ4v) is 3.59. The number of pyridine rings is 1. The minimum absolute atomic E-state index is 0.151. The number of alkyl halides is 3. The number of hydrogen-bond donors (Lipinski definition) is 0. The molecule has 3 aromatic rings. The van der Waals surface area contributed by atoms with E-state index in [9.17, 15) is 18.0 Å². The molecule has 144 valence electrons. The van der Waals surface area contributed by atoms with Crippen molar-refractivity contribution in [2.75, 3.05) is 0 Å². The Balaban J connectivity index is 1.76. The Morgan fingerprint density at radius 2 is 2.04 bits per heavy atom. The SMILES string of the molecule is N#C[C@H]1C[C@H]1c1c(Cl)ccc2nc(Cn3nc(C(F)(F)F)cc3Cl)cc(=O)n12. The third kappa shape index (κ3) is 3.23. The number of aromatic nitrogens is 4. The van der Waals surface area contributed by atoms with Crippen LogP contribution >= 0.6 is 23.2 Å². The topological polar surface area (TPSA) is 76.0 Å². The van der Waals surface area contributed by atoms with E-state index in [2.05, 4.69) is 16.2 Å². The summed E-state index contributed by atoms with van der Waals surface area (Å²) >= 11 is 12.1. The van der Waals surface area contributed by atoms with Crippen molar-refractivity contribution < 1.29 is 13.2 Å². The maximum atomic E-state index is 12.8. The normalized spacial score (nSPS) is 19.0. The van der Waals surface area contributed by atoms with E-state index in [0.717, 1.165) is 4.68 Å². The van der Waals surface area contributed by atoms with E-state index in [1.54, 1.807) is 6.07 Å². The molecule has 0 radical (unpaired) electrons. The Bertz CT molecular complexity index is 1190. The molecular weight excluding hydrogens is 418 g/mol. The average Bonchev–Trinajstić information content (AvgIpc) is 3.30. The van der Waals surface area contributed by atoms with Gasteiger partial charge in [0.25, 0.3) is 5.56 Å². The first kappa shape index (κ1) is 18.8. The highest BCUT2D eigenvalue weighted by Gasteiger charge is 2.41. The van der Waals surface area contributed by atoms with Crippen molar-refractivity contribution in [2.24, 2.45) is 5.92 Å². The van der Waals surface area contributed by atoms with Crippen LogP contribution in [-0.2, 0) is 12.7 Å². The van der Waals surface area contributed by atoms with E-state index in [0.29, 0.717) is 23.2 Å². The lowest BCUT2D eigenvalue weighted by atomic mass is 10.2. The lowest BCUT2D eigenvalue weighted by Crippen LogP contribution is -2.20. The third-order valence-electron chi connectivity index (χ3n) is 4.50. The molecule has 0 amide bonds. The third-order valence-corrected chi connectivity index (χ3v) is 5.13. The molecule has 2 atom stereocenters. The van der Waals surface area contributed by atoms with Gasteiger partial charge in [0, 0.05) is 18.1 Å². The minimum atomic E-state index is -4.63. The summed E-state index contributed by atoms with van der Waals surface area (Å²) < 4.78 is 40.6. The number of nitriles is 1. The van der Waals surface area contributed by atoms with Gasteiger partial charge in [-0.1, -0.05) is 23.2 Å². The van der Waals surface area contributed by atoms with Crippen LogP contribution < -0.4 is 5.56 Å². The average molecular weight is 428 g/mol. The van der Waals surface area contributed by atoms with Gasteiger partial charge in [-0.25, -0.2) is 9.67 Å². The van der Waals surface area contributed by atoms with E-state index in [1.165, 1.54) is 16.5 Å². The molecule has 1 aliphatic rings. The highest BCUT2D eigenvalue weighted by atomic mass is 35.5. The van der Waals surface area contributed by atoms with Crippen LogP contribution in [0.5, 0.6) is 0 Å². The molecule has 4 rings (SSSR count). The number of fused-ring (bicyclic) bond motifs is 1. The van der Waals surface area contributed by atoms with Crippen LogP contribution in [0.15, 0.2) is 29.1 Å². The molecule has 28 heavy (non-hydrogen) atoms. The molecule has 3 aromatic heterocycles. The molecule has 1 saturated carbocycles. The van der Waals surface area contributed by atoms with Gasteiger partial charge in [0.1, 0.15) is 10.8 Å². The maximum Gasteiger partial charge on any atom is 0.435 e. The van der Waals surface area contributed by atoms with Gasteiger partial charge in [0.2, 0.25) is 0 Å². The largest absolute Gasteiger partial charge is 0.435 e. The summed E-state index contributed by atoms with van der Waals surface area (Å²) in [7, 11) is 0. The van der Waals surface area contributed by atoms with Crippen molar-refractivity contribution in [3.63, 3.8) is 0 Å². The van der Waals surface area contributed by atoms with Crippen LogP contribution in [0, 0.1) is 17.2 Å². The zero-order chi connectivity index (χ0) is 20.2. The van der Waals surface area contributed by atoms with E-state index in [4.69, 9.17) is 28.5 Å². The van der Waals surface area contributed by atoms with Crippen molar-refractivity contribution in [3.05, 3.63) is 61.9 Å². The van der Waals surface area contributed by atoms with Crippen LogP contribution in [0.3, 0.4) is 0 Å². The fraction of sp³-hybridized carbons (Fsp3) is 0.294. The van der Waals surface area contributed by atoms with Gasteiger partial charge in [-0.2, -0.15) is 23.5 Å². The first-order valence-electron chi connectivity index (χ1n) is 8.10. The lowest BCUT2D eigenvalue weighted by Gasteiger charge is -2.11. The standard InChI is InChI=1S/C17H10Cl2F3N5O/c18-11-1-2-14-24-9(7-26-13(19)5-12(25-26)17(20,21)22)4-15(28)27(14)16(11)10-3-8(10)6-23/h1-2,4-5,8,10H,3,7H2/t8-,10-/m1/s1. The summed E-state index contributed by atoms with van der Waals surface area (Å²) in [5, 5.41) is 12.6. The van der Waals surface area contributed by atoms with Crippen LogP contribution in [0.25, 0.3) is 5.65 Å². The van der Waals surface area contributed by atoms with E-state index >= 15 is 0 Å². The smallest absolute Gasteiger partial charge is 0.269 e. The Labute approximate surface area is 165 Å². The molecule has 0 unspecified atom stereocenters. The summed E-state index contributed by atoms with van der Waals surface area (Å²) in [4.78, 5) is 17.0. The molecule has 6 nitrogen and oxygen atoms in total. The highest BCUT2D eigenvalue weighted by molar-refractivity contribution is 6.31. The Morgan fingerprint density at radius 1 is 1.29 bits per heavy atom. The van der Waals surface area contributed by atoms with E-state index in [-0.39, 0.29) is 34.9 Å². The van der Waals surface area contributed by atoms with E-state index in [1.807, 2.05) is 0 Å². The second-order valence-corrected chi connectivity index (χ2v) is 7.23. The van der Waals surface area contributed by atoms with Gasteiger partial charge in [-0.3, -0.25) is 9.20 Å². The molecule has 0 N–H and O–H groups in total. The first-order chi connectivity index (χ1) is 13.2. The summed E-state index contributed by atoms with van der Waals surface area (Å²) in [6.45, 7) is -0.205. The van der Waals surface area contributed by atoms with Crippen molar-refractivity contribution in [3.8, 4) is 6.07 Å². The fourth-order valence-electron chi connectivity index (χ4n) is 3.10. The highest BCUT2D eigenvalue weighted by Crippen LogP contribution is 2.48. The van der Waals surface area contributed by atoms with Crippen molar-refractivity contribution in [2.45, 2.75) is 25.1 Å². The maximum absolute atomic E-state index is 12.8. The summed E-state index contributed by atoms with van der Waals surface area (Å²) in [5.74, 6) is -0.361. The predicted octanol–water partition coefficient (Wildman–Crippen LogP) is 3.89. The lowest BCUT2D eigenvalue weighted by molar-refractivity contribution is -0.141. The van der Waals surface area contributed by atoms with Crippen molar-refractivity contribution >= 4 is 28.8 Å².